The summed E-state index contributed by atoms with van der Waals surface area (Å²) in [5.74, 6) is 0.449. The molecule has 8 heteroatoms. The maximum Gasteiger partial charge on any atom is 0.228 e. The number of pyridine rings is 1. The molecule has 4 aromatic rings. The average molecular weight is 422 g/mol. The van der Waals surface area contributed by atoms with Crippen molar-refractivity contribution in [3.05, 3.63) is 48.3 Å². The Bertz CT molecular complexity index is 1260. The van der Waals surface area contributed by atoms with E-state index < -0.39 is 6.67 Å². The van der Waals surface area contributed by atoms with Crippen LogP contribution in [0.25, 0.3) is 33.4 Å². The van der Waals surface area contributed by atoms with E-state index in [1.165, 1.54) is 11.5 Å². The molecule has 152 valence electrons. The molecule has 0 bridgehead atoms. The van der Waals surface area contributed by atoms with E-state index in [-0.39, 0.29) is 11.8 Å². The van der Waals surface area contributed by atoms with Crippen molar-refractivity contribution < 1.29 is 9.18 Å². The van der Waals surface area contributed by atoms with Crippen molar-refractivity contribution in [3.8, 4) is 22.5 Å². The van der Waals surface area contributed by atoms with Gasteiger partial charge in [-0.15, -0.1) is 0 Å². The largest absolute Gasteiger partial charge is 0.316 e. The molecule has 5 rings (SSSR count). The monoisotopic (exact) mass is 421 g/mol. The third-order valence-corrected chi connectivity index (χ3v) is 6.23. The lowest BCUT2D eigenvalue weighted by molar-refractivity contribution is -0.117. The van der Waals surface area contributed by atoms with Crippen molar-refractivity contribution in [1.82, 2.24) is 19.1 Å². The number of alkyl halides is 1. The van der Waals surface area contributed by atoms with Crippen LogP contribution < -0.4 is 5.32 Å². The summed E-state index contributed by atoms with van der Waals surface area (Å²) in [4.78, 5) is 17.0. The highest BCUT2D eigenvalue weighted by atomic mass is 32.1. The predicted octanol–water partition coefficient (Wildman–Crippen LogP) is 4.82. The SMILES string of the molecule is C[C@@H]1C[C@H]1C(=O)Nc1snc(-c2ccc3nn(C)cc3c2)c1-c1cccc(CF)n1. The lowest BCUT2D eigenvalue weighted by Crippen LogP contribution is -2.14. The summed E-state index contributed by atoms with van der Waals surface area (Å²) >= 11 is 1.23. The molecule has 1 saturated carbocycles. The molecule has 1 amide bonds. The van der Waals surface area contributed by atoms with Crippen molar-refractivity contribution in [3.63, 3.8) is 0 Å². The summed E-state index contributed by atoms with van der Waals surface area (Å²) < 4.78 is 19.7. The van der Waals surface area contributed by atoms with Gasteiger partial charge in [-0.25, -0.2) is 9.37 Å². The fourth-order valence-electron chi connectivity index (χ4n) is 3.69. The highest BCUT2D eigenvalue weighted by Crippen LogP contribution is 2.43. The molecule has 1 aliphatic rings. The average Bonchev–Trinajstić information content (AvgIpc) is 3.16. The zero-order chi connectivity index (χ0) is 20.8. The molecule has 0 spiro atoms. The first-order valence-electron chi connectivity index (χ1n) is 9.80. The summed E-state index contributed by atoms with van der Waals surface area (Å²) in [6.07, 6.45) is 2.85. The molecular formula is C22H20FN5OS. The van der Waals surface area contributed by atoms with E-state index in [1.807, 2.05) is 37.5 Å². The van der Waals surface area contributed by atoms with E-state index in [4.69, 9.17) is 0 Å². The Kier molecular flexibility index (Phi) is 4.58. The maximum absolute atomic E-state index is 13.3. The molecule has 3 heterocycles. The Labute approximate surface area is 176 Å². The zero-order valence-electron chi connectivity index (χ0n) is 16.6. The molecule has 3 aromatic heterocycles. The quantitative estimate of drug-likeness (QED) is 0.501. The van der Waals surface area contributed by atoms with E-state index in [2.05, 4.69) is 26.7 Å². The van der Waals surface area contributed by atoms with Crippen molar-refractivity contribution in [2.75, 3.05) is 5.32 Å². The molecule has 6 nitrogen and oxygen atoms in total. The Morgan fingerprint density at radius 2 is 2.17 bits per heavy atom. The number of fused-ring (bicyclic) bond motifs is 1. The van der Waals surface area contributed by atoms with Gasteiger partial charge in [0.05, 0.1) is 28.2 Å². The van der Waals surface area contributed by atoms with E-state index in [1.54, 1.807) is 16.8 Å². The molecule has 1 aromatic carbocycles. The second kappa shape index (κ2) is 7.28. The summed E-state index contributed by atoms with van der Waals surface area (Å²) in [7, 11) is 1.88. The second-order valence-corrected chi connectivity index (χ2v) is 8.54. The fourth-order valence-corrected chi connectivity index (χ4v) is 4.51. The fraction of sp³-hybridized carbons (Fsp3) is 0.273. The third-order valence-electron chi connectivity index (χ3n) is 5.47. The molecule has 30 heavy (non-hydrogen) atoms. The van der Waals surface area contributed by atoms with Crippen LogP contribution in [0.5, 0.6) is 0 Å². The number of carbonyl (C=O) groups excluding carboxylic acids is 1. The summed E-state index contributed by atoms with van der Waals surface area (Å²) in [5, 5.41) is 9.09. The van der Waals surface area contributed by atoms with Crippen LogP contribution in [-0.4, -0.2) is 25.0 Å². The number of hydrogen-bond donors (Lipinski definition) is 1. The topological polar surface area (TPSA) is 72.7 Å². The minimum absolute atomic E-state index is 0.00306. The number of hydrogen-bond acceptors (Lipinski definition) is 5. The van der Waals surface area contributed by atoms with Crippen LogP contribution in [-0.2, 0) is 18.5 Å². The molecule has 0 saturated heterocycles. The molecule has 2 atom stereocenters. The minimum atomic E-state index is -0.649. The van der Waals surface area contributed by atoms with E-state index in [9.17, 15) is 9.18 Å². The molecule has 0 aliphatic heterocycles. The van der Waals surface area contributed by atoms with Crippen LogP contribution in [0.1, 0.15) is 19.0 Å². The van der Waals surface area contributed by atoms with Crippen LogP contribution in [0.15, 0.2) is 42.6 Å². The van der Waals surface area contributed by atoms with Gasteiger partial charge >= 0.3 is 0 Å². The smallest absolute Gasteiger partial charge is 0.228 e. The van der Waals surface area contributed by atoms with Crippen molar-refractivity contribution >= 4 is 33.3 Å². The van der Waals surface area contributed by atoms with E-state index in [0.717, 1.165) is 28.5 Å². The number of aromatic nitrogens is 4. The number of anilines is 1. The van der Waals surface area contributed by atoms with Crippen LogP contribution in [0, 0.1) is 11.8 Å². The van der Waals surface area contributed by atoms with Gasteiger partial charge in [-0.2, -0.15) is 9.47 Å². The predicted molar refractivity (Wildman–Crippen MR) is 116 cm³/mol. The Balaban J connectivity index is 1.63. The summed E-state index contributed by atoms with van der Waals surface area (Å²) in [6.45, 7) is 1.42. The number of aryl methyl sites for hydroxylation is 1. The van der Waals surface area contributed by atoms with Gasteiger partial charge in [-0.3, -0.25) is 9.48 Å². The third kappa shape index (κ3) is 3.37. The summed E-state index contributed by atoms with van der Waals surface area (Å²) in [5.41, 5.74) is 4.18. The minimum Gasteiger partial charge on any atom is -0.316 e. The molecule has 0 radical (unpaired) electrons. The van der Waals surface area contributed by atoms with Gasteiger partial charge < -0.3 is 5.32 Å². The van der Waals surface area contributed by atoms with Crippen molar-refractivity contribution in [2.45, 2.75) is 20.0 Å². The molecule has 1 N–H and O–H groups in total. The Morgan fingerprint density at radius 3 is 2.93 bits per heavy atom. The van der Waals surface area contributed by atoms with Crippen molar-refractivity contribution in [1.29, 1.82) is 0 Å². The molecular weight excluding hydrogens is 401 g/mol. The first kappa shape index (κ1) is 18.9. The van der Waals surface area contributed by atoms with Gasteiger partial charge in [0.25, 0.3) is 0 Å². The number of rotatable bonds is 5. The lowest BCUT2D eigenvalue weighted by Gasteiger charge is -2.08. The van der Waals surface area contributed by atoms with E-state index in [0.29, 0.717) is 28.0 Å². The van der Waals surface area contributed by atoms with Crippen LogP contribution in [0.2, 0.25) is 0 Å². The molecule has 0 unspecified atom stereocenters. The lowest BCUT2D eigenvalue weighted by atomic mass is 10.0. The maximum atomic E-state index is 13.3. The molecule has 1 fully saturated rings. The highest BCUT2D eigenvalue weighted by molar-refractivity contribution is 7.11. The number of amides is 1. The summed E-state index contributed by atoms with van der Waals surface area (Å²) in [6, 6.07) is 11.2. The van der Waals surface area contributed by atoms with Gasteiger partial charge in [0.2, 0.25) is 5.91 Å². The van der Waals surface area contributed by atoms with Gasteiger partial charge in [0, 0.05) is 30.1 Å². The van der Waals surface area contributed by atoms with Gasteiger partial charge in [0.15, 0.2) is 0 Å². The number of nitrogens with zero attached hydrogens (tertiary/aromatic N) is 4. The van der Waals surface area contributed by atoms with Crippen LogP contribution >= 0.6 is 11.5 Å². The van der Waals surface area contributed by atoms with Crippen molar-refractivity contribution in [2.24, 2.45) is 18.9 Å². The van der Waals surface area contributed by atoms with E-state index >= 15 is 0 Å². The van der Waals surface area contributed by atoms with Gasteiger partial charge in [0.1, 0.15) is 11.7 Å². The first-order valence-corrected chi connectivity index (χ1v) is 10.6. The van der Waals surface area contributed by atoms with Crippen LogP contribution in [0.3, 0.4) is 0 Å². The number of benzene rings is 1. The van der Waals surface area contributed by atoms with Crippen LogP contribution in [0.4, 0.5) is 9.39 Å². The Hall–Kier alpha value is -3.13. The molecule has 1 aliphatic carbocycles. The number of halogens is 1. The first-order chi connectivity index (χ1) is 14.5. The van der Waals surface area contributed by atoms with Gasteiger partial charge in [-0.1, -0.05) is 19.1 Å². The number of nitrogens with one attached hydrogen (secondary N) is 1. The number of carbonyl (C=O) groups is 1. The van der Waals surface area contributed by atoms with Gasteiger partial charge in [-0.05, 0) is 48.1 Å². The zero-order valence-corrected chi connectivity index (χ0v) is 17.4. The standard InChI is InChI=1S/C22H20FN5OS/c1-12-8-16(12)21(29)25-22-19(18-5-3-4-15(10-23)24-18)20(27-30-22)13-6-7-17-14(9-13)11-28(2)26-17/h3-7,9,11-12,16H,8,10H2,1-2H3,(H,25,29)/t12-,16-/m1/s1. The normalized spacial score (nSPS) is 18.0. The Morgan fingerprint density at radius 1 is 1.33 bits per heavy atom. The second-order valence-electron chi connectivity index (χ2n) is 7.77. The highest BCUT2D eigenvalue weighted by Gasteiger charge is 2.39.